The van der Waals surface area contributed by atoms with E-state index in [1.54, 1.807) is 11.9 Å². The van der Waals surface area contributed by atoms with Gasteiger partial charge in [0.1, 0.15) is 17.3 Å². The number of aryl methyl sites for hydroxylation is 1. The molecule has 5 rings (SSSR count). The van der Waals surface area contributed by atoms with Crippen LogP contribution in [0.3, 0.4) is 0 Å². The van der Waals surface area contributed by atoms with E-state index in [9.17, 15) is 14.9 Å². The van der Waals surface area contributed by atoms with Crippen molar-refractivity contribution in [3.63, 3.8) is 0 Å². The zero-order valence-corrected chi connectivity index (χ0v) is 19.3. The summed E-state index contributed by atoms with van der Waals surface area (Å²) >= 11 is 0. The summed E-state index contributed by atoms with van der Waals surface area (Å²) in [6.45, 7) is 6.08. The van der Waals surface area contributed by atoms with E-state index in [0.717, 1.165) is 11.3 Å². The highest BCUT2D eigenvalue weighted by molar-refractivity contribution is 6.20. The fourth-order valence-corrected chi connectivity index (χ4v) is 5.72. The van der Waals surface area contributed by atoms with Crippen molar-refractivity contribution in [1.82, 2.24) is 0 Å². The van der Waals surface area contributed by atoms with Crippen LogP contribution in [0.1, 0.15) is 37.8 Å². The smallest absolute Gasteiger partial charge is 0.247 e. The van der Waals surface area contributed by atoms with Crippen molar-refractivity contribution in [2.24, 2.45) is 11.1 Å². The predicted molar refractivity (Wildman–Crippen MR) is 127 cm³/mol. The van der Waals surface area contributed by atoms with Crippen molar-refractivity contribution < 1.29 is 9.59 Å². The van der Waals surface area contributed by atoms with Gasteiger partial charge in [-0.25, -0.2) is 0 Å². The Morgan fingerprint density at radius 1 is 1.06 bits per heavy atom. The zero-order valence-electron chi connectivity index (χ0n) is 19.3. The number of hydrogen-bond acceptors (Lipinski definition) is 5. The average molecular weight is 439 g/mol. The van der Waals surface area contributed by atoms with Gasteiger partial charge < -0.3 is 10.6 Å². The van der Waals surface area contributed by atoms with Crippen LogP contribution in [0.4, 0.5) is 11.4 Å². The summed E-state index contributed by atoms with van der Waals surface area (Å²) in [5.74, 6) is -0.226. The number of anilines is 2. The average Bonchev–Trinajstić information content (AvgIpc) is 2.96. The number of hydrogen-bond donors (Lipinski definition) is 1. The van der Waals surface area contributed by atoms with Gasteiger partial charge >= 0.3 is 0 Å². The molecule has 6 nitrogen and oxygen atoms in total. The van der Waals surface area contributed by atoms with Crippen molar-refractivity contribution in [2.75, 3.05) is 16.8 Å². The first-order valence-corrected chi connectivity index (χ1v) is 11.0. The Hall–Kier alpha value is -3.85. The van der Waals surface area contributed by atoms with Gasteiger partial charge in [0.05, 0.1) is 5.57 Å². The third kappa shape index (κ3) is 2.65. The van der Waals surface area contributed by atoms with Crippen LogP contribution < -0.4 is 15.5 Å². The molecule has 2 aromatic carbocycles. The van der Waals surface area contributed by atoms with Crippen molar-refractivity contribution in [3.05, 3.63) is 82.3 Å². The molecule has 166 valence electrons. The van der Waals surface area contributed by atoms with Crippen molar-refractivity contribution >= 4 is 23.1 Å². The second-order valence-corrected chi connectivity index (χ2v) is 9.94. The highest BCUT2D eigenvalue weighted by atomic mass is 16.2. The number of ketones is 1. The molecule has 2 heterocycles. The molecular formula is C27H26N4O2. The molecule has 0 saturated heterocycles. The number of carbonyl (C=O) groups excluding carboxylic acids is 2. The number of nitrogens with two attached hydrogens (primary N) is 1. The maximum atomic E-state index is 14.0. The van der Waals surface area contributed by atoms with Crippen LogP contribution in [0, 0.1) is 23.7 Å². The molecule has 2 N–H and O–H groups in total. The predicted octanol–water partition coefficient (Wildman–Crippen LogP) is 4.07. The molecule has 0 aromatic heterocycles. The standard InChI is InChI=1S/C27H26N4O2/c1-16-8-7-9-17(12-16)31-21-13-26(2,3)14-22(32)23(21)27(19(15-28)24(31)29)18-10-5-6-11-20(18)30(4)25(27)33/h5-12H,13-14,29H2,1-4H3/t27-/m0/s1. The lowest BCUT2D eigenvalue weighted by molar-refractivity contribution is -0.124. The van der Waals surface area contributed by atoms with Gasteiger partial charge in [0.15, 0.2) is 5.78 Å². The molecule has 0 radical (unpaired) electrons. The largest absolute Gasteiger partial charge is 0.384 e. The number of rotatable bonds is 1. The second kappa shape index (κ2) is 6.82. The van der Waals surface area contributed by atoms with E-state index >= 15 is 0 Å². The van der Waals surface area contributed by atoms with E-state index < -0.39 is 5.41 Å². The van der Waals surface area contributed by atoms with E-state index in [1.807, 2.05) is 74.2 Å². The van der Waals surface area contributed by atoms with Gasteiger partial charge in [-0.05, 0) is 42.5 Å². The topological polar surface area (TPSA) is 90.4 Å². The van der Waals surface area contributed by atoms with Gasteiger partial charge in [-0.2, -0.15) is 5.26 Å². The number of likely N-dealkylation sites (N-methyl/N-ethyl adjacent to an activating group) is 1. The van der Waals surface area contributed by atoms with E-state index in [4.69, 9.17) is 5.73 Å². The quantitative estimate of drug-likeness (QED) is 0.725. The van der Waals surface area contributed by atoms with Gasteiger partial charge in [0.25, 0.3) is 0 Å². The molecule has 0 unspecified atom stereocenters. The Morgan fingerprint density at radius 3 is 2.48 bits per heavy atom. The molecule has 0 bridgehead atoms. The lowest BCUT2D eigenvalue weighted by Crippen LogP contribution is -2.53. The number of nitriles is 1. The lowest BCUT2D eigenvalue weighted by atomic mass is 9.60. The van der Waals surface area contributed by atoms with Gasteiger partial charge in [0.2, 0.25) is 5.91 Å². The highest BCUT2D eigenvalue weighted by Gasteiger charge is 2.62. The first-order chi connectivity index (χ1) is 15.6. The summed E-state index contributed by atoms with van der Waals surface area (Å²) in [6, 6.07) is 17.4. The van der Waals surface area contributed by atoms with Crippen LogP contribution in [-0.4, -0.2) is 18.7 Å². The monoisotopic (exact) mass is 438 g/mol. The van der Waals surface area contributed by atoms with Gasteiger partial charge in [-0.3, -0.25) is 14.5 Å². The fraction of sp³-hybridized carbons (Fsp3) is 0.296. The van der Waals surface area contributed by atoms with Crippen molar-refractivity contribution in [3.8, 4) is 6.07 Å². The molecule has 33 heavy (non-hydrogen) atoms. The summed E-state index contributed by atoms with van der Waals surface area (Å²) in [6.07, 6.45) is 0.856. The number of Topliss-reactive ketones (excluding diaryl/α,β-unsaturated/α-hetero) is 1. The SMILES string of the molecule is Cc1cccc(N2C(N)=C(C#N)[C@]3(C(=O)N(C)c4ccccc43)C3=C2CC(C)(C)CC3=O)c1. The third-order valence-electron chi connectivity index (χ3n) is 7.04. The van der Waals surface area contributed by atoms with Crippen LogP contribution in [0.2, 0.25) is 0 Å². The molecular weight excluding hydrogens is 412 g/mol. The van der Waals surface area contributed by atoms with Crippen molar-refractivity contribution in [2.45, 2.75) is 39.0 Å². The minimum atomic E-state index is -1.52. The first kappa shape index (κ1) is 21.0. The van der Waals surface area contributed by atoms with E-state index in [2.05, 4.69) is 6.07 Å². The number of carbonyl (C=O) groups is 2. The number of fused-ring (bicyclic) bond motifs is 3. The van der Waals surface area contributed by atoms with Crippen LogP contribution >= 0.6 is 0 Å². The number of allylic oxidation sites excluding steroid dienone is 1. The van der Waals surface area contributed by atoms with E-state index in [0.29, 0.717) is 35.4 Å². The van der Waals surface area contributed by atoms with Crippen LogP contribution in [0.5, 0.6) is 0 Å². The van der Waals surface area contributed by atoms with Crippen LogP contribution in [0.25, 0.3) is 0 Å². The molecule has 0 fully saturated rings. The third-order valence-corrected chi connectivity index (χ3v) is 7.04. The van der Waals surface area contributed by atoms with Crippen molar-refractivity contribution in [1.29, 1.82) is 5.26 Å². The number of amides is 1. The molecule has 1 atom stereocenters. The zero-order chi connectivity index (χ0) is 23.7. The summed E-state index contributed by atoms with van der Waals surface area (Å²) < 4.78 is 0. The molecule has 1 amide bonds. The van der Waals surface area contributed by atoms with Gasteiger partial charge in [-0.1, -0.05) is 44.2 Å². The maximum absolute atomic E-state index is 14.0. The molecule has 6 heteroatoms. The summed E-state index contributed by atoms with van der Waals surface area (Å²) in [4.78, 5) is 31.2. The lowest BCUT2D eigenvalue weighted by Gasteiger charge is -2.47. The Labute approximate surface area is 193 Å². The highest BCUT2D eigenvalue weighted by Crippen LogP contribution is 2.58. The maximum Gasteiger partial charge on any atom is 0.247 e. The summed E-state index contributed by atoms with van der Waals surface area (Å²) in [5.41, 5.74) is 9.25. The van der Waals surface area contributed by atoms with E-state index in [-0.39, 0.29) is 28.5 Å². The first-order valence-electron chi connectivity index (χ1n) is 11.0. The molecule has 1 aliphatic carbocycles. The normalized spacial score (nSPS) is 23.7. The summed E-state index contributed by atoms with van der Waals surface area (Å²) in [5, 5.41) is 10.4. The number of para-hydroxylation sites is 1. The molecule has 2 aliphatic heterocycles. The molecule has 0 saturated carbocycles. The Kier molecular flexibility index (Phi) is 4.35. The fourth-order valence-electron chi connectivity index (χ4n) is 5.72. The molecule has 2 aromatic rings. The Bertz CT molecular complexity index is 1340. The minimum absolute atomic E-state index is 0.109. The minimum Gasteiger partial charge on any atom is -0.384 e. The number of benzene rings is 2. The Balaban J connectivity index is 1.92. The van der Waals surface area contributed by atoms with Crippen LogP contribution in [-0.2, 0) is 15.0 Å². The summed E-state index contributed by atoms with van der Waals surface area (Å²) in [7, 11) is 1.69. The van der Waals surface area contributed by atoms with E-state index in [1.165, 1.54) is 0 Å². The molecule has 3 aliphatic rings. The van der Waals surface area contributed by atoms with Gasteiger partial charge in [-0.15, -0.1) is 0 Å². The van der Waals surface area contributed by atoms with Gasteiger partial charge in [0, 0.05) is 41.7 Å². The molecule has 1 spiro atoms. The second-order valence-electron chi connectivity index (χ2n) is 9.94. The Morgan fingerprint density at radius 2 is 1.79 bits per heavy atom. The number of nitrogens with zero attached hydrogens (tertiary/aromatic N) is 3. The van der Waals surface area contributed by atoms with Crippen LogP contribution in [0.15, 0.2) is 71.2 Å².